The highest BCUT2D eigenvalue weighted by Gasteiger charge is 2.28. The lowest BCUT2D eigenvalue weighted by atomic mass is 10.1. The molecule has 13 heavy (non-hydrogen) atoms. The molecule has 0 bridgehead atoms. The molecule has 0 aliphatic carbocycles. The minimum absolute atomic E-state index is 0.637. The number of hydrogen-bond donors (Lipinski definition) is 0. The Labute approximate surface area is 91.1 Å². The Bertz CT molecular complexity index is 300. The second kappa shape index (κ2) is 3.58. The van der Waals surface area contributed by atoms with Gasteiger partial charge in [0, 0.05) is 12.6 Å². The molecule has 2 atom stereocenters. The number of nitrogens with zero attached hydrogens (tertiary/aromatic N) is 2. The van der Waals surface area contributed by atoms with Crippen molar-refractivity contribution in [3.8, 4) is 0 Å². The van der Waals surface area contributed by atoms with Crippen LogP contribution in [0.25, 0.3) is 0 Å². The first-order valence-electron chi connectivity index (χ1n) is 4.56. The summed E-state index contributed by atoms with van der Waals surface area (Å²) >= 11 is 5.17. The van der Waals surface area contributed by atoms with E-state index >= 15 is 0 Å². The quantitative estimate of drug-likeness (QED) is 0.772. The average Bonchev–Trinajstić information content (AvgIpc) is 2.62. The first-order chi connectivity index (χ1) is 6.18. The van der Waals surface area contributed by atoms with Gasteiger partial charge in [-0.25, -0.2) is 4.98 Å². The number of thiazole rings is 1. The number of halogens is 1. The number of aromatic nitrogens is 1. The first-order valence-corrected chi connectivity index (χ1v) is 6.17. The van der Waals surface area contributed by atoms with E-state index < -0.39 is 0 Å². The van der Waals surface area contributed by atoms with E-state index in [9.17, 15) is 0 Å². The molecule has 0 spiro atoms. The third-order valence-corrected chi connectivity index (χ3v) is 4.36. The highest BCUT2D eigenvalue weighted by Crippen LogP contribution is 2.33. The summed E-state index contributed by atoms with van der Waals surface area (Å²) < 4.78 is 1.12. The maximum atomic E-state index is 4.38. The van der Waals surface area contributed by atoms with Gasteiger partial charge in [0.1, 0.15) is 0 Å². The molecule has 1 fully saturated rings. The smallest absolute Gasteiger partial charge is 0.186 e. The van der Waals surface area contributed by atoms with Gasteiger partial charge in [0.15, 0.2) is 5.13 Å². The molecule has 1 aromatic heterocycles. The fraction of sp³-hybridized carbons (Fsp3) is 0.667. The van der Waals surface area contributed by atoms with E-state index in [1.54, 1.807) is 11.3 Å². The molecular weight excluding hydrogens is 248 g/mol. The molecule has 0 aromatic carbocycles. The molecule has 2 nitrogen and oxygen atoms in total. The highest BCUT2D eigenvalue weighted by atomic mass is 79.9. The fourth-order valence-corrected chi connectivity index (χ4v) is 3.04. The summed E-state index contributed by atoms with van der Waals surface area (Å²) in [6, 6.07) is 0.637. The Morgan fingerprint density at radius 2 is 2.38 bits per heavy atom. The van der Waals surface area contributed by atoms with Crippen molar-refractivity contribution in [2.24, 2.45) is 5.92 Å². The van der Waals surface area contributed by atoms with Gasteiger partial charge in [-0.3, -0.25) is 0 Å². The van der Waals surface area contributed by atoms with Crippen LogP contribution in [0.1, 0.15) is 20.3 Å². The van der Waals surface area contributed by atoms with Gasteiger partial charge in [-0.1, -0.05) is 18.3 Å². The summed E-state index contributed by atoms with van der Waals surface area (Å²) in [5, 5.41) is 1.16. The van der Waals surface area contributed by atoms with Crippen molar-refractivity contribution in [1.29, 1.82) is 0 Å². The molecule has 0 N–H and O–H groups in total. The van der Waals surface area contributed by atoms with Gasteiger partial charge in [-0.05, 0) is 35.2 Å². The summed E-state index contributed by atoms with van der Waals surface area (Å²) in [5.74, 6) is 0.794. The molecule has 1 aliphatic rings. The maximum absolute atomic E-state index is 4.38. The number of anilines is 1. The van der Waals surface area contributed by atoms with Crippen LogP contribution in [0.3, 0.4) is 0 Å². The Morgan fingerprint density at radius 3 is 2.85 bits per heavy atom. The van der Waals surface area contributed by atoms with Crippen LogP contribution in [0, 0.1) is 5.92 Å². The highest BCUT2D eigenvalue weighted by molar-refractivity contribution is 9.11. The van der Waals surface area contributed by atoms with E-state index in [0.717, 1.165) is 21.4 Å². The second-order valence-electron chi connectivity index (χ2n) is 3.65. The van der Waals surface area contributed by atoms with E-state index in [2.05, 4.69) is 39.7 Å². The Morgan fingerprint density at radius 1 is 1.62 bits per heavy atom. The third-order valence-electron chi connectivity index (χ3n) is 2.85. The minimum atomic E-state index is 0.637. The van der Waals surface area contributed by atoms with Crippen LogP contribution in [0.4, 0.5) is 5.13 Å². The summed E-state index contributed by atoms with van der Waals surface area (Å²) in [5.41, 5.74) is 0. The standard InChI is InChI=1S/C9H13BrN2S/c1-6-3-4-12(7(6)2)9-11-5-8(10)13-9/h5-7H,3-4H2,1-2H3. The van der Waals surface area contributed by atoms with Crippen molar-refractivity contribution < 1.29 is 0 Å². The Balaban J connectivity index is 2.18. The zero-order valence-corrected chi connectivity index (χ0v) is 10.2. The van der Waals surface area contributed by atoms with Crippen LogP contribution in [0.15, 0.2) is 9.98 Å². The van der Waals surface area contributed by atoms with Crippen LogP contribution < -0.4 is 4.90 Å². The van der Waals surface area contributed by atoms with E-state index in [4.69, 9.17) is 0 Å². The van der Waals surface area contributed by atoms with Gasteiger partial charge < -0.3 is 4.90 Å². The van der Waals surface area contributed by atoms with Crippen LogP contribution in [0.5, 0.6) is 0 Å². The Kier molecular flexibility index (Phi) is 2.60. The predicted molar refractivity (Wildman–Crippen MR) is 60.4 cm³/mol. The van der Waals surface area contributed by atoms with E-state index in [1.807, 2.05) is 6.20 Å². The van der Waals surface area contributed by atoms with E-state index in [0.29, 0.717) is 6.04 Å². The summed E-state index contributed by atoms with van der Waals surface area (Å²) in [4.78, 5) is 6.78. The van der Waals surface area contributed by atoms with E-state index in [-0.39, 0.29) is 0 Å². The molecule has 4 heteroatoms. The van der Waals surface area contributed by atoms with Crippen LogP contribution in [-0.4, -0.2) is 17.6 Å². The molecule has 2 unspecified atom stereocenters. The van der Waals surface area contributed by atoms with Gasteiger partial charge in [-0.15, -0.1) is 0 Å². The lowest BCUT2D eigenvalue weighted by molar-refractivity contribution is 0.546. The molecule has 1 aliphatic heterocycles. The molecule has 2 rings (SSSR count). The van der Waals surface area contributed by atoms with Crippen molar-refractivity contribution >= 4 is 32.4 Å². The molecule has 1 saturated heterocycles. The van der Waals surface area contributed by atoms with Crippen LogP contribution in [0.2, 0.25) is 0 Å². The van der Waals surface area contributed by atoms with Crippen molar-refractivity contribution in [2.45, 2.75) is 26.3 Å². The lowest BCUT2D eigenvalue weighted by Crippen LogP contribution is -2.28. The third kappa shape index (κ3) is 1.74. The molecule has 2 heterocycles. The fourth-order valence-electron chi connectivity index (χ4n) is 1.74. The minimum Gasteiger partial charge on any atom is -0.345 e. The Hall–Kier alpha value is -0.0900. The van der Waals surface area contributed by atoms with Gasteiger partial charge in [0.25, 0.3) is 0 Å². The van der Waals surface area contributed by atoms with Crippen molar-refractivity contribution in [3.05, 3.63) is 9.98 Å². The molecule has 72 valence electrons. The first kappa shape index (κ1) is 9.46. The van der Waals surface area contributed by atoms with Gasteiger partial charge >= 0.3 is 0 Å². The summed E-state index contributed by atoms with van der Waals surface area (Å²) in [6.07, 6.45) is 3.17. The van der Waals surface area contributed by atoms with Gasteiger partial charge in [0.2, 0.25) is 0 Å². The summed E-state index contributed by atoms with van der Waals surface area (Å²) in [6.45, 7) is 5.75. The molecule has 0 amide bonds. The normalized spacial score (nSPS) is 28.4. The largest absolute Gasteiger partial charge is 0.345 e. The monoisotopic (exact) mass is 260 g/mol. The molecule has 1 aromatic rings. The molecule has 0 radical (unpaired) electrons. The van der Waals surface area contributed by atoms with E-state index in [1.165, 1.54) is 6.42 Å². The van der Waals surface area contributed by atoms with Crippen molar-refractivity contribution in [3.63, 3.8) is 0 Å². The average molecular weight is 261 g/mol. The number of rotatable bonds is 1. The number of hydrogen-bond acceptors (Lipinski definition) is 3. The zero-order valence-electron chi connectivity index (χ0n) is 7.83. The SMILES string of the molecule is CC1CCN(c2ncc(Br)s2)C1C. The van der Waals surface area contributed by atoms with Crippen molar-refractivity contribution in [2.75, 3.05) is 11.4 Å². The second-order valence-corrected chi connectivity index (χ2v) is 6.04. The summed E-state index contributed by atoms with van der Waals surface area (Å²) in [7, 11) is 0. The topological polar surface area (TPSA) is 16.1 Å². The lowest BCUT2D eigenvalue weighted by Gasteiger charge is -2.22. The molecule has 0 saturated carbocycles. The van der Waals surface area contributed by atoms with Crippen LogP contribution >= 0.6 is 27.3 Å². The van der Waals surface area contributed by atoms with Gasteiger partial charge in [0.05, 0.1) is 9.98 Å². The van der Waals surface area contributed by atoms with Gasteiger partial charge in [-0.2, -0.15) is 0 Å². The predicted octanol–water partition coefficient (Wildman–Crippen LogP) is 3.14. The molecular formula is C9H13BrN2S. The van der Waals surface area contributed by atoms with Crippen LogP contribution in [-0.2, 0) is 0 Å². The maximum Gasteiger partial charge on any atom is 0.186 e. The van der Waals surface area contributed by atoms with Crippen molar-refractivity contribution in [1.82, 2.24) is 4.98 Å². The zero-order chi connectivity index (χ0) is 9.42.